The van der Waals surface area contributed by atoms with E-state index in [1.165, 1.54) is 6.07 Å². The minimum atomic E-state index is -4.39. The third kappa shape index (κ3) is 2.49. The second-order valence-corrected chi connectivity index (χ2v) is 5.08. The van der Waals surface area contributed by atoms with Crippen LogP contribution in [-0.2, 0) is 19.1 Å². The van der Waals surface area contributed by atoms with Crippen molar-refractivity contribution < 1.29 is 13.2 Å². The van der Waals surface area contributed by atoms with E-state index >= 15 is 0 Å². The first-order valence-electron chi connectivity index (χ1n) is 6.76. The molecule has 0 saturated carbocycles. The average Bonchev–Trinajstić information content (AvgIpc) is 2.89. The minimum Gasteiger partial charge on any atom is -0.340 e. The third-order valence-corrected chi connectivity index (χ3v) is 3.78. The maximum atomic E-state index is 13.3. The molecule has 0 fully saturated rings. The molecule has 5 heteroatoms. The van der Waals surface area contributed by atoms with Crippen LogP contribution in [0.4, 0.5) is 24.5 Å². The number of halogens is 3. The van der Waals surface area contributed by atoms with Crippen molar-refractivity contribution in [2.45, 2.75) is 19.1 Å². The van der Waals surface area contributed by atoms with Crippen molar-refractivity contribution in [3.8, 4) is 0 Å². The van der Waals surface area contributed by atoms with Crippen LogP contribution in [0.5, 0.6) is 0 Å². The Labute approximate surface area is 121 Å². The number of fused-ring (bicyclic) bond motifs is 1. The number of rotatable bonds is 2. The fraction of sp³-hybridized carbons (Fsp3) is 0.250. The Bertz CT molecular complexity index is 665. The maximum Gasteiger partial charge on any atom is 0.418 e. The van der Waals surface area contributed by atoms with Gasteiger partial charge in [-0.05, 0) is 35.7 Å². The zero-order chi connectivity index (χ0) is 15.0. The van der Waals surface area contributed by atoms with Crippen LogP contribution >= 0.6 is 0 Å². The summed E-state index contributed by atoms with van der Waals surface area (Å²) >= 11 is 0. The molecule has 1 aliphatic heterocycles. The quantitative estimate of drug-likeness (QED) is 0.910. The van der Waals surface area contributed by atoms with Gasteiger partial charge in [-0.1, -0.05) is 24.3 Å². The van der Waals surface area contributed by atoms with Crippen LogP contribution in [-0.4, -0.2) is 6.54 Å². The summed E-state index contributed by atoms with van der Waals surface area (Å²) in [7, 11) is 0. The van der Waals surface area contributed by atoms with Crippen LogP contribution in [0.15, 0.2) is 42.5 Å². The molecule has 2 aromatic carbocycles. The first-order chi connectivity index (χ1) is 10.0. The van der Waals surface area contributed by atoms with Crippen LogP contribution in [0, 0.1) is 0 Å². The van der Waals surface area contributed by atoms with Crippen molar-refractivity contribution in [1.82, 2.24) is 0 Å². The van der Waals surface area contributed by atoms with Gasteiger partial charge in [-0.2, -0.15) is 13.2 Å². The van der Waals surface area contributed by atoms with E-state index in [1.807, 2.05) is 24.3 Å². The third-order valence-electron chi connectivity index (χ3n) is 3.78. The van der Waals surface area contributed by atoms with E-state index in [1.54, 1.807) is 11.0 Å². The van der Waals surface area contributed by atoms with E-state index in [0.29, 0.717) is 12.1 Å². The highest BCUT2D eigenvalue weighted by atomic mass is 19.4. The first kappa shape index (κ1) is 13.9. The van der Waals surface area contributed by atoms with Crippen molar-refractivity contribution in [1.29, 1.82) is 0 Å². The molecule has 0 atom stereocenters. The van der Waals surface area contributed by atoms with E-state index in [-0.39, 0.29) is 12.2 Å². The van der Waals surface area contributed by atoms with Gasteiger partial charge in [-0.3, -0.25) is 0 Å². The van der Waals surface area contributed by atoms with Crippen molar-refractivity contribution in [3.63, 3.8) is 0 Å². The topological polar surface area (TPSA) is 29.3 Å². The first-order valence-corrected chi connectivity index (χ1v) is 6.76. The predicted molar refractivity (Wildman–Crippen MR) is 76.5 cm³/mol. The van der Waals surface area contributed by atoms with Crippen LogP contribution in [0.2, 0.25) is 0 Å². The van der Waals surface area contributed by atoms with Gasteiger partial charge in [0.15, 0.2) is 0 Å². The van der Waals surface area contributed by atoms with Gasteiger partial charge in [0.25, 0.3) is 0 Å². The van der Waals surface area contributed by atoms with Gasteiger partial charge in [0.05, 0.1) is 11.3 Å². The largest absolute Gasteiger partial charge is 0.418 e. The molecule has 2 nitrogen and oxygen atoms in total. The molecule has 2 aromatic rings. The number of alkyl halides is 3. The van der Waals surface area contributed by atoms with Gasteiger partial charge >= 0.3 is 6.18 Å². The molecule has 1 heterocycles. The van der Waals surface area contributed by atoms with Gasteiger partial charge < -0.3 is 10.6 Å². The standard InChI is InChI=1S/C16H15F3N2/c17-16(18,19)13-9-11(10-20)5-6-15(13)21-8-7-12-3-1-2-4-14(12)21/h1-6,9H,7-8,10,20H2. The molecule has 0 bridgehead atoms. The Morgan fingerprint density at radius 2 is 1.81 bits per heavy atom. The van der Waals surface area contributed by atoms with Crippen molar-refractivity contribution in [2.24, 2.45) is 5.73 Å². The number of benzene rings is 2. The molecule has 21 heavy (non-hydrogen) atoms. The van der Waals surface area contributed by atoms with Crippen molar-refractivity contribution in [3.05, 3.63) is 59.2 Å². The lowest BCUT2D eigenvalue weighted by Crippen LogP contribution is -2.19. The number of nitrogens with two attached hydrogens (primary N) is 1. The minimum absolute atomic E-state index is 0.0972. The summed E-state index contributed by atoms with van der Waals surface area (Å²) in [5.41, 5.74) is 7.45. The average molecular weight is 292 g/mol. The van der Waals surface area contributed by atoms with Crippen molar-refractivity contribution >= 4 is 11.4 Å². The normalized spacial score (nSPS) is 14.4. The fourth-order valence-electron chi connectivity index (χ4n) is 2.76. The monoisotopic (exact) mass is 292 g/mol. The van der Waals surface area contributed by atoms with Gasteiger partial charge in [-0.15, -0.1) is 0 Å². The predicted octanol–water partition coefficient (Wildman–Crippen LogP) is 3.86. The molecule has 0 radical (unpaired) electrons. The molecule has 0 aliphatic carbocycles. The Hall–Kier alpha value is -2.01. The molecular weight excluding hydrogens is 277 g/mol. The molecule has 0 amide bonds. The number of nitrogens with zero attached hydrogens (tertiary/aromatic N) is 1. The summed E-state index contributed by atoms with van der Waals surface area (Å²) in [6, 6.07) is 11.9. The van der Waals surface area contributed by atoms with Crippen LogP contribution in [0.25, 0.3) is 0 Å². The molecule has 110 valence electrons. The van der Waals surface area contributed by atoms with Gasteiger partial charge in [-0.25, -0.2) is 0 Å². The fourth-order valence-corrected chi connectivity index (χ4v) is 2.76. The summed E-state index contributed by atoms with van der Waals surface area (Å²) in [5, 5.41) is 0. The highest BCUT2D eigenvalue weighted by Gasteiger charge is 2.36. The Kier molecular flexibility index (Phi) is 3.37. The lowest BCUT2D eigenvalue weighted by Gasteiger charge is -2.24. The van der Waals surface area contributed by atoms with E-state index in [9.17, 15) is 13.2 Å². The van der Waals surface area contributed by atoms with E-state index < -0.39 is 11.7 Å². The molecule has 0 unspecified atom stereocenters. The zero-order valence-corrected chi connectivity index (χ0v) is 11.3. The molecule has 0 aromatic heterocycles. The summed E-state index contributed by atoms with van der Waals surface area (Å²) in [4.78, 5) is 1.73. The molecule has 3 rings (SSSR count). The van der Waals surface area contributed by atoms with E-state index in [0.717, 1.165) is 23.7 Å². The van der Waals surface area contributed by atoms with E-state index in [2.05, 4.69) is 0 Å². The van der Waals surface area contributed by atoms with Gasteiger partial charge in [0.1, 0.15) is 0 Å². The summed E-state index contributed by atoms with van der Waals surface area (Å²) in [5.74, 6) is 0. The van der Waals surface area contributed by atoms with Crippen LogP contribution in [0.1, 0.15) is 16.7 Å². The highest BCUT2D eigenvalue weighted by Crippen LogP contribution is 2.42. The van der Waals surface area contributed by atoms with E-state index in [4.69, 9.17) is 5.73 Å². The smallest absolute Gasteiger partial charge is 0.340 e. The number of hydrogen-bond acceptors (Lipinski definition) is 2. The lowest BCUT2D eigenvalue weighted by molar-refractivity contribution is -0.137. The van der Waals surface area contributed by atoms with Gasteiger partial charge in [0.2, 0.25) is 0 Å². The van der Waals surface area contributed by atoms with Crippen molar-refractivity contribution in [2.75, 3.05) is 11.4 Å². The SMILES string of the molecule is NCc1ccc(N2CCc3ccccc32)c(C(F)(F)F)c1. The lowest BCUT2D eigenvalue weighted by atomic mass is 10.1. The second-order valence-electron chi connectivity index (χ2n) is 5.08. The molecule has 0 spiro atoms. The number of para-hydroxylation sites is 1. The Morgan fingerprint density at radius 1 is 1.05 bits per heavy atom. The summed E-state index contributed by atoms with van der Waals surface area (Å²) in [6.45, 7) is 0.657. The Balaban J connectivity index is 2.11. The maximum absolute atomic E-state index is 13.3. The summed E-state index contributed by atoms with van der Waals surface area (Å²) < 4.78 is 40.0. The second kappa shape index (κ2) is 5.07. The number of anilines is 2. The zero-order valence-electron chi connectivity index (χ0n) is 11.3. The summed E-state index contributed by atoms with van der Waals surface area (Å²) in [6.07, 6.45) is -3.63. The molecule has 0 saturated heterocycles. The Morgan fingerprint density at radius 3 is 2.52 bits per heavy atom. The molecular formula is C16H15F3N2. The van der Waals surface area contributed by atoms with Crippen LogP contribution in [0.3, 0.4) is 0 Å². The van der Waals surface area contributed by atoms with Crippen LogP contribution < -0.4 is 10.6 Å². The molecule has 2 N–H and O–H groups in total. The molecule has 1 aliphatic rings. The van der Waals surface area contributed by atoms with Gasteiger partial charge in [0, 0.05) is 18.8 Å². The highest BCUT2D eigenvalue weighted by molar-refractivity contribution is 5.72. The number of hydrogen-bond donors (Lipinski definition) is 1.